The summed E-state index contributed by atoms with van der Waals surface area (Å²) in [4.78, 5) is 29.5. The van der Waals surface area contributed by atoms with Gasteiger partial charge in [0, 0.05) is 36.4 Å². The fourth-order valence-electron chi connectivity index (χ4n) is 3.08. The molecule has 3 rings (SSSR count). The van der Waals surface area contributed by atoms with Crippen LogP contribution in [-0.4, -0.2) is 15.5 Å². The molecule has 0 bridgehead atoms. The number of aromatic nitrogens is 2. The van der Waals surface area contributed by atoms with Crippen LogP contribution in [0.1, 0.15) is 34.2 Å². The number of hydrogen-bond acceptors (Lipinski definition) is 3. The smallest absolute Gasteiger partial charge is 0.261 e. The molecule has 6 heteroatoms. The van der Waals surface area contributed by atoms with Gasteiger partial charge in [-0.2, -0.15) is 0 Å². The maximum atomic E-state index is 12.9. The molecule has 0 atom stereocenters. The van der Waals surface area contributed by atoms with Crippen molar-refractivity contribution in [3.8, 4) is 0 Å². The van der Waals surface area contributed by atoms with Crippen molar-refractivity contribution in [2.45, 2.75) is 26.8 Å². The van der Waals surface area contributed by atoms with Crippen LogP contribution in [-0.2, 0) is 13.0 Å². The van der Waals surface area contributed by atoms with Crippen LogP contribution in [0.15, 0.2) is 59.7 Å². The Morgan fingerprint density at radius 2 is 1.89 bits per heavy atom. The summed E-state index contributed by atoms with van der Waals surface area (Å²) in [7, 11) is 0. The molecule has 2 heterocycles. The molecule has 1 aromatic carbocycles. The molecule has 0 saturated heterocycles. The second-order valence-corrected chi connectivity index (χ2v) is 6.61. The molecule has 0 aliphatic rings. The topological polar surface area (TPSA) is 64.0 Å². The van der Waals surface area contributed by atoms with Crippen molar-refractivity contribution in [2.75, 3.05) is 5.32 Å². The number of pyridine rings is 2. The van der Waals surface area contributed by atoms with Crippen LogP contribution in [0.25, 0.3) is 0 Å². The first-order valence-electron chi connectivity index (χ1n) is 8.69. The zero-order valence-electron chi connectivity index (χ0n) is 15.2. The summed E-state index contributed by atoms with van der Waals surface area (Å²) < 4.78 is 2.00. The number of benzene rings is 1. The Morgan fingerprint density at radius 3 is 2.56 bits per heavy atom. The van der Waals surface area contributed by atoms with Gasteiger partial charge in [0.05, 0.1) is 10.7 Å². The summed E-state index contributed by atoms with van der Waals surface area (Å²) in [5.41, 5.74) is 2.89. The third-order valence-electron chi connectivity index (χ3n) is 4.40. The van der Waals surface area contributed by atoms with Gasteiger partial charge in [0.25, 0.3) is 5.91 Å². The van der Waals surface area contributed by atoms with E-state index >= 15 is 0 Å². The van der Waals surface area contributed by atoms with E-state index in [1.54, 1.807) is 36.7 Å². The quantitative estimate of drug-likeness (QED) is 0.724. The van der Waals surface area contributed by atoms with E-state index in [0.29, 0.717) is 29.4 Å². The second kappa shape index (κ2) is 8.18. The summed E-state index contributed by atoms with van der Waals surface area (Å²) in [6, 6.07) is 12.3. The third-order valence-corrected chi connectivity index (χ3v) is 4.73. The molecular formula is C21H20ClN3O2. The molecule has 0 unspecified atom stereocenters. The van der Waals surface area contributed by atoms with Crippen LogP contribution < -0.4 is 10.7 Å². The number of anilines is 1. The molecular weight excluding hydrogens is 362 g/mol. The maximum Gasteiger partial charge on any atom is 0.261 e. The molecule has 3 aromatic rings. The van der Waals surface area contributed by atoms with Gasteiger partial charge in [-0.1, -0.05) is 30.7 Å². The van der Waals surface area contributed by atoms with Crippen molar-refractivity contribution in [2.24, 2.45) is 0 Å². The van der Waals surface area contributed by atoms with Crippen molar-refractivity contribution in [1.82, 2.24) is 9.55 Å². The first kappa shape index (κ1) is 18.9. The van der Waals surface area contributed by atoms with Gasteiger partial charge >= 0.3 is 0 Å². The maximum absolute atomic E-state index is 12.9. The summed E-state index contributed by atoms with van der Waals surface area (Å²) >= 11 is 6.13. The Balaban J connectivity index is 2.04. The van der Waals surface area contributed by atoms with E-state index in [2.05, 4.69) is 10.3 Å². The molecule has 1 N–H and O–H groups in total. The molecule has 27 heavy (non-hydrogen) atoms. The van der Waals surface area contributed by atoms with Gasteiger partial charge in [0.1, 0.15) is 5.56 Å². The Hall–Kier alpha value is -2.92. The Labute approximate surface area is 162 Å². The molecule has 0 aliphatic carbocycles. The van der Waals surface area contributed by atoms with Crippen molar-refractivity contribution in [1.29, 1.82) is 0 Å². The lowest BCUT2D eigenvalue weighted by Gasteiger charge is -2.19. The van der Waals surface area contributed by atoms with Crippen molar-refractivity contribution >= 4 is 23.2 Å². The van der Waals surface area contributed by atoms with E-state index in [1.165, 1.54) is 6.07 Å². The van der Waals surface area contributed by atoms with E-state index in [9.17, 15) is 9.59 Å². The highest BCUT2D eigenvalue weighted by molar-refractivity contribution is 6.33. The van der Waals surface area contributed by atoms with E-state index in [4.69, 9.17) is 11.6 Å². The van der Waals surface area contributed by atoms with E-state index in [1.807, 2.05) is 30.5 Å². The highest BCUT2D eigenvalue weighted by Gasteiger charge is 2.20. The number of nitrogens with zero attached hydrogens (tertiary/aromatic N) is 2. The van der Waals surface area contributed by atoms with E-state index in [0.717, 1.165) is 11.3 Å². The van der Waals surface area contributed by atoms with Gasteiger partial charge in [0.15, 0.2) is 5.43 Å². The van der Waals surface area contributed by atoms with E-state index in [-0.39, 0.29) is 11.0 Å². The molecule has 0 fully saturated rings. The number of rotatable bonds is 5. The van der Waals surface area contributed by atoms with Gasteiger partial charge in [-0.25, -0.2) is 0 Å². The predicted molar refractivity (Wildman–Crippen MR) is 108 cm³/mol. The molecule has 0 spiro atoms. The lowest BCUT2D eigenvalue weighted by atomic mass is 10.1. The van der Waals surface area contributed by atoms with Gasteiger partial charge in [-0.3, -0.25) is 14.6 Å². The highest BCUT2D eigenvalue weighted by Crippen LogP contribution is 2.22. The van der Waals surface area contributed by atoms with Crippen LogP contribution in [0.2, 0.25) is 5.02 Å². The summed E-state index contributed by atoms with van der Waals surface area (Å²) in [5, 5.41) is 3.18. The minimum Gasteiger partial charge on any atom is -0.343 e. The van der Waals surface area contributed by atoms with Crippen molar-refractivity contribution in [3.63, 3.8) is 0 Å². The van der Waals surface area contributed by atoms with Crippen LogP contribution >= 0.6 is 11.6 Å². The first-order valence-corrected chi connectivity index (χ1v) is 9.07. The van der Waals surface area contributed by atoms with Crippen LogP contribution in [0, 0.1) is 6.92 Å². The summed E-state index contributed by atoms with van der Waals surface area (Å²) in [5.74, 6) is -0.451. The molecule has 0 saturated carbocycles. The second-order valence-electron chi connectivity index (χ2n) is 6.20. The van der Waals surface area contributed by atoms with Gasteiger partial charge in [-0.05, 0) is 43.2 Å². The number of halogens is 1. The minimum atomic E-state index is -0.451. The highest BCUT2D eigenvalue weighted by atomic mass is 35.5. The van der Waals surface area contributed by atoms with Crippen molar-refractivity contribution < 1.29 is 4.79 Å². The average Bonchev–Trinajstić information content (AvgIpc) is 2.66. The van der Waals surface area contributed by atoms with Crippen molar-refractivity contribution in [3.05, 3.63) is 92.6 Å². The molecule has 5 nitrogen and oxygen atoms in total. The predicted octanol–water partition coefficient (Wildman–Crippen LogP) is 4.07. The van der Waals surface area contributed by atoms with Gasteiger partial charge in [0.2, 0.25) is 0 Å². The number of carbonyl (C=O) groups is 1. The lowest BCUT2D eigenvalue weighted by Crippen LogP contribution is -2.28. The minimum absolute atomic E-state index is 0.150. The number of amides is 1. The fourth-order valence-corrected chi connectivity index (χ4v) is 3.26. The zero-order valence-corrected chi connectivity index (χ0v) is 16.0. The largest absolute Gasteiger partial charge is 0.343 e. The SMILES string of the molecule is CCc1c(C(=O)Nc2ccccc2Cl)c(=O)cc(C)n1Cc1ccncc1. The molecule has 0 radical (unpaired) electrons. The van der Waals surface area contributed by atoms with Gasteiger partial charge < -0.3 is 9.88 Å². The van der Waals surface area contributed by atoms with E-state index < -0.39 is 5.91 Å². The summed E-state index contributed by atoms with van der Waals surface area (Å²) in [6.07, 6.45) is 4.00. The van der Waals surface area contributed by atoms with Crippen LogP contribution in [0.4, 0.5) is 5.69 Å². The monoisotopic (exact) mass is 381 g/mol. The summed E-state index contributed by atoms with van der Waals surface area (Å²) in [6.45, 7) is 4.37. The number of nitrogens with one attached hydrogen (secondary N) is 1. The molecule has 138 valence electrons. The fraction of sp³-hybridized carbons (Fsp3) is 0.190. The lowest BCUT2D eigenvalue weighted by molar-refractivity contribution is 0.102. The third kappa shape index (κ3) is 4.09. The van der Waals surface area contributed by atoms with Crippen LogP contribution in [0.5, 0.6) is 0 Å². The number of hydrogen-bond donors (Lipinski definition) is 1. The first-order chi connectivity index (χ1) is 13.0. The number of carbonyl (C=O) groups excluding carboxylic acids is 1. The standard InChI is InChI=1S/C21H20ClN3O2/c1-3-18-20(21(27)24-17-7-5-4-6-16(17)22)19(26)12-14(2)25(18)13-15-8-10-23-11-9-15/h4-12H,3,13H2,1-2H3,(H,24,27). The molecule has 2 aromatic heterocycles. The number of aryl methyl sites for hydroxylation is 1. The Kier molecular flexibility index (Phi) is 5.72. The van der Waals surface area contributed by atoms with Crippen LogP contribution in [0.3, 0.4) is 0 Å². The normalized spacial score (nSPS) is 10.6. The number of para-hydroxylation sites is 1. The molecule has 0 aliphatic heterocycles. The Morgan fingerprint density at radius 1 is 1.19 bits per heavy atom. The zero-order chi connectivity index (χ0) is 19.4. The Bertz CT molecular complexity index is 1030. The average molecular weight is 382 g/mol. The van der Waals surface area contributed by atoms with Gasteiger partial charge in [-0.15, -0.1) is 0 Å². The molecule has 1 amide bonds.